The highest BCUT2D eigenvalue weighted by atomic mass is 15.1. The van der Waals surface area contributed by atoms with Crippen LogP contribution in [0.1, 0.15) is 36.7 Å². The van der Waals surface area contributed by atoms with Crippen LogP contribution in [0.3, 0.4) is 0 Å². The van der Waals surface area contributed by atoms with E-state index in [0.29, 0.717) is 0 Å². The third kappa shape index (κ3) is 5.48. The van der Waals surface area contributed by atoms with E-state index in [0.717, 1.165) is 33.8 Å². The molecular formula is C43H35N3. The van der Waals surface area contributed by atoms with Gasteiger partial charge in [-0.15, -0.1) is 0 Å². The van der Waals surface area contributed by atoms with Crippen LogP contribution in [-0.2, 0) is 0 Å². The lowest BCUT2D eigenvalue weighted by molar-refractivity contribution is 0.664. The van der Waals surface area contributed by atoms with E-state index in [1.165, 1.54) is 38.2 Å². The number of nitrogens with one attached hydrogen (secondary N) is 1. The van der Waals surface area contributed by atoms with Crippen LogP contribution in [0.2, 0.25) is 0 Å². The fourth-order valence-corrected chi connectivity index (χ4v) is 6.30. The van der Waals surface area contributed by atoms with Crippen molar-refractivity contribution in [1.82, 2.24) is 10.3 Å². The van der Waals surface area contributed by atoms with Crippen LogP contribution in [-0.4, -0.2) is 10.7 Å². The molecule has 0 amide bonds. The number of benzene rings is 6. The fourth-order valence-electron chi connectivity index (χ4n) is 6.30. The van der Waals surface area contributed by atoms with Gasteiger partial charge in [-0.25, -0.2) is 0 Å². The summed E-state index contributed by atoms with van der Waals surface area (Å²) in [6, 6.07) is 53.3. The molecule has 0 spiro atoms. The van der Waals surface area contributed by atoms with E-state index in [2.05, 4.69) is 145 Å². The highest BCUT2D eigenvalue weighted by Gasteiger charge is 2.20. The second-order valence-electron chi connectivity index (χ2n) is 11.0. The maximum Gasteiger partial charge on any atom is 0.145 e. The van der Waals surface area contributed by atoms with Crippen molar-refractivity contribution in [3.8, 4) is 22.4 Å². The number of hydrogen-bond donors (Lipinski definition) is 1. The van der Waals surface area contributed by atoms with Crippen LogP contribution >= 0.6 is 0 Å². The number of aliphatic imine (C=N–C) groups is 1. The smallest absolute Gasteiger partial charge is 0.145 e. The number of rotatable bonds is 5. The first-order valence-corrected chi connectivity index (χ1v) is 16.0. The summed E-state index contributed by atoms with van der Waals surface area (Å²) < 4.78 is 0. The van der Waals surface area contributed by atoms with E-state index in [1.54, 1.807) is 0 Å². The summed E-state index contributed by atoms with van der Waals surface area (Å²) in [5, 5.41) is 8.49. The first-order chi connectivity index (χ1) is 22.8. The first-order valence-electron chi connectivity index (χ1n) is 16.0. The van der Waals surface area contributed by atoms with Gasteiger partial charge in [0, 0.05) is 17.5 Å². The van der Waals surface area contributed by atoms with Crippen molar-refractivity contribution in [2.75, 3.05) is 0 Å². The number of allylic oxidation sites excluding steroid dienone is 1. The number of pyridine rings is 1. The highest BCUT2D eigenvalue weighted by Crippen LogP contribution is 2.43. The first kappa shape index (κ1) is 28.9. The molecule has 46 heavy (non-hydrogen) atoms. The summed E-state index contributed by atoms with van der Waals surface area (Å²) in [6.45, 7) is 4.00. The standard InChI is InChI=1S/C41H29N3.C2H6/c1-3-13-28(14-4-1)37-27-38(44-41(43-37)31-15-5-2-6-16-31)29-22-24-30(25-23-29)39-32-17-7-9-19-34(32)40(36-21-11-12-26-42-36)35-20-10-8-18-33(35)39;1-2/h1-27,41,43H;1-2H3. The molecule has 0 radical (unpaired) electrons. The molecule has 6 aromatic carbocycles. The molecule has 0 bridgehead atoms. The Labute approximate surface area is 270 Å². The number of aromatic nitrogens is 1. The van der Waals surface area contributed by atoms with Crippen molar-refractivity contribution >= 4 is 33.0 Å². The third-order valence-electron chi connectivity index (χ3n) is 8.36. The van der Waals surface area contributed by atoms with E-state index in [-0.39, 0.29) is 6.17 Å². The molecule has 222 valence electrons. The van der Waals surface area contributed by atoms with Gasteiger partial charge < -0.3 is 5.32 Å². The Morgan fingerprint density at radius 1 is 0.478 bits per heavy atom. The maximum absolute atomic E-state index is 5.17. The zero-order valence-electron chi connectivity index (χ0n) is 26.1. The predicted octanol–water partition coefficient (Wildman–Crippen LogP) is 10.9. The van der Waals surface area contributed by atoms with Gasteiger partial charge in [-0.3, -0.25) is 9.98 Å². The average Bonchev–Trinajstić information content (AvgIpc) is 3.15. The SMILES string of the molecule is C1=C(c2ccccc2)NC(c2ccccc2)N=C1c1ccc(-c2c3ccccc3c(-c3ccccn3)c3ccccc23)cc1.CC. The van der Waals surface area contributed by atoms with E-state index >= 15 is 0 Å². The van der Waals surface area contributed by atoms with Crippen LogP contribution in [0.25, 0.3) is 49.6 Å². The Morgan fingerprint density at radius 3 is 1.59 bits per heavy atom. The monoisotopic (exact) mass is 593 g/mol. The van der Waals surface area contributed by atoms with E-state index < -0.39 is 0 Å². The normalized spacial score (nSPS) is 14.1. The van der Waals surface area contributed by atoms with Crippen LogP contribution < -0.4 is 5.32 Å². The summed E-state index contributed by atoms with van der Waals surface area (Å²) in [5.41, 5.74) is 9.96. The van der Waals surface area contributed by atoms with Gasteiger partial charge in [0.05, 0.1) is 11.4 Å². The molecule has 1 aliphatic rings. The molecule has 2 heterocycles. The van der Waals surface area contributed by atoms with Gasteiger partial charge in [0.25, 0.3) is 0 Å². The topological polar surface area (TPSA) is 37.3 Å². The van der Waals surface area contributed by atoms with Crippen molar-refractivity contribution < 1.29 is 0 Å². The van der Waals surface area contributed by atoms with Crippen LogP contribution in [0.5, 0.6) is 0 Å². The zero-order valence-corrected chi connectivity index (χ0v) is 26.1. The summed E-state index contributed by atoms with van der Waals surface area (Å²) in [6.07, 6.45) is 3.86. The summed E-state index contributed by atoms with van der Waals surface area (Å²) in [4.78, 5) is 9.91. The highest BCUT2D eigenvalue weighted by molar-refractivity contribution is 6.21. The van der Waals surface area contributed by atoms with Crippen molar-refractivity contribution in [3.05, 3.63) is 181 Å². The number of hydrogen-bond acceptors (Lipinski definition) is 3. The van der Waals surface area contributed by atoms with Crippen LogP contribution in [0.15, 0.2) is 169 Å². The quantitative estimate of drug-likeness (QED) is 0.202. The molecule has 1 aromatic heterocycles. The third-order valence-corrected chi connectivity index (χ3v) is 8.36. The summed E-state index contributed by atoms with van der Waals surface area (Å²) in [7, 11) is 0. The lowest BCUT2D eigenvalue weighted by Crippen LogP contribution is -2.24. The fraction of sp³-hybridized carbons (Fsp3) is 0.0698. The molecule has 7 aromatic rings. The molecule has 0 aliphatic carbocycles. The van der Waals surface area contributed by atoms with Gasteiger partial charge in [-0.1, -0.05) is 153 Å². The van der Waals surface area contributed by atoms with Gasteiger partial charge in [-0.2, -0.15) is 0 Å². The Bertz CT molecular complexity index is 2110. The molecule has 3 nitrogen and oxygen atoms in total. The Hall–Kier alpha value is -5.80. The lowest BCUT2D eigenvalue weighted by Gasteiger charge is -2.25. The van der Waals surface area contributed by atoms with E-state index in [1.807, 2.05) is 38.2 Å². The largest absolute Gasteiger partial charge is 0.360 e. The minimum Gasteiger partial charge on any atom is -0.360 e. The van der Waals surface area contributed by atoms with Gasteiger partial charge >= 0.3 is 0 Å². The molecule has 1 atom stereocenters. The Morgan fingerprint density at radius 2 is 1.00 bits per heavy atom. The van der Waals surface area contributed by atoms with Crippen molar-refractivity contribution in [2.45, 2.75) is 20.0 Å². The van der Waals surface area contributed by atoms with Gasteiger partial charge in [0.1, 0.15) is 6.17 Å². The summed E-state index contributed by atoms with van der Waals surface area (Å²) >= 11 is 0. The van der Waals surface area contributed by atoms with Gasteiger partial charge in [-0.05, 0) is 67.6 Å². The Balaban J connectivity index is 0.00000166. The number of nitrogens with zero attached hydrogens (tertiary/aromatic N) is 2. The van der Waals surface area contributed by atoms with Gasteiger partial charge in [0.2, 0.25) is 0 Å². The molecule has 0 fully saturated rings. The van der Waals surface area contributed by atoms with E-state index in [4.69, 9.17) is 9.98 Å². The minimum atomic E-state index is -0.168. The Kier molecular flexibility index (Phi) is 8.21. The molecule has 1 unspecified atom stereocenters. The molecule has 0 saturated carbocycles. The van der Waals surface area contributed by atoms with Crippen molar-refractivity contribution in [3.63, 3.8) is 0 Å². The van der Waals surface area contributed by atoms with Crippen molar-refractivity contribution in [1.29, 1.82) is 0 Å². The predicted molar refractivity (Wildman–Crippen MR) is 195 cm³/mol. The average molecular weight is 594 g/mol. The molecule has 0 saturated heterocycles. The molecule has 1 N–H and O–H groups in total. The van der Waals surface area contributed by atoms with Gasteiger partial charge in [0.15, 0.2) is 0 Å². The molecule has 8 rings (SSSR count). The van der Waals surface area contributed by atoms with Crippen LogP contribution in [0.4, 0.5) is 0 Å². The molecule has 3 heteroatoms. The lowest BCUT2D eigenvalue weighted by atomic mass is 9.87. The second-order valence-corrected chi connectivity index (χ2v) is 11.0. The molecule has 1 aliphatic heterocycles. The number of fused-ring (bicyclic) bond motifs is 2. The zero-order chi connectivity index (χ0) is 31.3. The minimum absolute atomic E-state index is 0.168. The summed E-state index contributed by atoms with van der Waals surface area (Å²) in [5.74, 6) is 0. The van der Waals surface area contributed by atoms with Crippen LogP contribution in [0, 0.1) is 0 Å². The van der Waals surface area contributed by atoms with Crippen molar-refractivity contribution in [2.24, 2.45) is 4.99 Å². The second kappa shape index (κ2) is 13.1. The molecular weight excluding hydrogens is 558 g/mol. The van der Waals surface area contributed by atoms with E-state index in [9.17, 15) is 0 Å². The maximum atomic E-state index is 5.17.